The maximum atomic E-state index is 12.3. The number of piperidine rings is 2. The van der Waals surface area contributed by atoms with Crippen LogP contribution in [0.1, 0.15) is 51.5 Å². The summed E-state index contributed by atoms with van der Waals surface area (Å²) in [6.45, 7) is 9.45. The lowest BCUT2D eigenvalue weighted by atomic mass is 9.85. The van der Waals surface area contributed by atoms with Gasteiger partial charge in [-0.2, -0.15) is 0 Å². The minimum Gasteiger partial charge on any atom is -0.357 e. The van der Waals surface area contributed by atoms with Crippen LogP contribution >= 0.6 is 0 Å². The number of amides is 1. The van der Waals surface area contributed by atoms with Gasteiger partial charge in [0.05, 0.1) is 0 Å². The van der Waals surface area contributed by atoms with E-state index >= 15 is 0 Å². The normalized spacial score (nSPS) is 22.8. The number of hydrogen-bond donors (Lipinski definition) is 2. The second-order valence-corrected chi connectivity index (χ2v) is 8.26. The average Bonchev–Trinajstić information content (AvgIpc) is 2.68. The number of nitrogens with zero attached hydrogens (tertiary/aromatic N) is 2. The van der Waals surface area contributed by atoms with Gasteiger partial charge in [0.15, 0.2) is 0 Å². The van der Waals surface area contributed by atoms with Crippen LogP contribution in [-0.2, 0) is 11.3 Å². The van der Waals surface area contributed by atoms with E-state index in [-0.39, 0.29) is 5.91 Å². The molecule has 0 radical (unpaired) electrons. The van der Waals surface area contributed by atoms with Crippen LogP contribution in [0.5, 0.6) is 0 Å². The van der Waals surface area contributed by atoms with Gasteiger partial charge in [-0.15, -0.1) is 0 Å². The molecule has 2 aliphatic rings. The van der Waals surface area contributed by atoms with Gasteiger partial charge in [0.1, 0.15) is 5.82 Å². The molecule has 5 heteroatoms. The molecule has 5 nitrogen and oxygen atoms in total. The van der Waals surface area contributed by atoms with Gasteiger partial charge in [-0.05, 0) is 68.2 Å². The largest absolute Gasteiger partial charge is 0.357 e. The minimum absolute atomic E-state index is 0.150. The van der Waals surface area contributed by atoms with Crippen LogP contribution in [0.25, 0.3) is 0 Å². The smallest absolute Gasteiger partial charge is 0.220 e. The van der Waals surface area contributed by atoms with E-state index in [4.69, 9.17) is 0 Å². The van der Waals surface area contributed by atoms with Crippen molar-refractivity contribution in [3.63, 3.8) is 0 Å². The summed E-state index contributed by atoms with van der Waals surface area (Å²) in [5.41, 5.74) is 1.07. The molecule has 2 atom stereocenters. The quantitative estimate of drug-likeness (QED) is 0.821. The Hall–Kier alpha value is -1.62. The molecule has 3 rings (SSSR count). The first kappa shape index (κ1) is 19.2. The number of carbonyl (C=O) groups excluding carboxylic acids is 1. The first-order chi connectivity index (χ1) is 12.6. The van der Waals surface area contributed by atoms with Crippen molar-refractivity contribution in [1.29, 1.82) is 0 Å². The summed E-state index contributed by atoms with van der Waals surface area (Å²) in [5.74, 6) is 3.10. The molecule has 0 saturated carbocycles. The molecule has 0 bridgehead atoms. The zero-order valence-electron chi connectivity index (χ0n) is 16.3. The Labute approximate surface area is 157 Å². The third kappa shape index (κ3) is 5.44. The topological polar surface area (TPSA) is 57.3 Å². The molecule has 1 aromatic rings. The van der Waals surface area contributed by atoms with Crippen LogP contribution in [0.2, 0.25) is 0 Å². The van der Waals surface area contributed by atoms with Crippen molar-refractivity contribution in [3.8, 4) is 0 Å². The van der Waals surface area contributed by atoms with Crippen LogP contribution in [-0.4, -0.2) is 37.1 Å². The van der Waals surface area contributed by atoms with E-state index in [0.29, 0.717) is 24.8 Å². The third-order valence-corrected chi connectivity index (χ3v) is 6.05. The molecule has 0 spiro atoms. The highest BCUT2D eigenvalue weighted by Crippen LogP contribution is 2.23. The summed E-state index contributed by atoms with van der Waals surface area (Å²) in [6, 6.07) is 4.18. The van der Waals surface area contributed by atoms with Crippen LogP contribution < -0.4 is 15.5 Å². The summed E-state index contributed by atoms with van der Waals surface area (Å²) in [6.07, 6.45) is 7.47. The van der Waals surface area contributed by atoms with Gasteiger partial charge in [-0.1, -0.05) is 19.9 Å². The van der Waals surface area contributed by atoms with E-state index in [1.807, 2.05) is 6.20 Å². The Kier molecular flexibility index (Phi) is 6.89. The van der Waals surface area contributed by atoms with Gasteiger partial charge in [0, 0.05) is 32.3 Å². The lowest BCUT2D eigenvalue weighted by molar-refractivity contribution is -0.122. The Morgan fingerprint density at radius 2 is 2.15 bits per heavy atom. The van der Waals surface area contributed by atoms with Crippen molar-refractivity contribution >= 4 is 11.7 Å². The number of rotatable bonds is 6. The molecule has 2 saturated heterocycles. The van der Waals surface area contributed by atoms with Crippen LogP contribution in [0.4, 0.5) is 5.82 Å². The SMILES string of the molecule is CC1CCN(c2ccc(CNC(=O)CC(C)C3CCCNC3)cn2)CC1. The number of nitrogens with one attached hydrogen (secondary N) is 2. The zero-order valence-corrected chi connectivity index (χ0v) is 16.3. The van der Waals surface area contributed by atoms with Crippen LogP contribution in [0.15, 0.2) is 18.3 Å². The molecule has 0 aromatic carbocycles. The molecular formula is C21H34N4O. The van der Waals surface area contributed by atoms with Crippen molar-refractivity contribution in [1.82, 2.24) is 15.6 Å². The van der Waals surface area contributed by atoms with Gasteiger partial charge < -0.3 is 15.5 Å². The molecule has 0 aliphatic carbocycles. The van der Waals surface area contributed by atoms with Gasteiger partial charge in [0.2, 0.25) is 5.91 Å². The van der Waals surface area contributed by atoms with E-state index in [2.05, 4.69) is 46.5 Å². The molecule has 144 valence electrons. The molecule has 2 fully saturated rings. The van der Waals surface area contributed by atoms with E-state index in [9.17, 15) is 4.79 Å². The Bertz CT molecular complexity index is 560. The van der Waals surface area contributed by atoms with E-state index in [0.717, 1.165) is 43.5 Å². The lowest BCUT2D eigenvalue weighted by Gasteiger charge is -2.31. The monoisotopic (exact) mass is 358 g/mol. The molecule has 2 aliphatic heterocycles. The fourth-order valence-corrected chi connectivity index (χ4v) is 4.04. The van der Waals surface area contributed by atoms with Crippen LogP contribution in [0.3, 0.4) is 0 Å². The summed E-state index contributed by atoms with van der Waals surface area (Å²) < 4.78 is 0. The Morgan fingerprint density at radius 1 is 1.35 bits per heavy atom. The molecule has 26 heavy (non-hydrogen) atoms. The summed E-state index contributed by atoms with van der Waals surface area (Å²) >= 11 is 0. The second kappa shape index (κ2) is 9.36. The summed E-state index contributed by atoms with van der Waals surface area (Å²) in [4.78, 5) is 19.2. The van der Waals surface area contributed by atoms with Crippen molar-refractivity contribution < 1.29 is 4.79 Å². The molecule has 3 heterocycles. The van der Waals surface area contributed by atoms with Crippen molar-refractivity contribution in [3.05, 3.63) is 23.9 Å². The lowest BCUT2D eigenvalue weighted by Crippen LogP contribution is -2.35. The minimum atomic E-state index is 0.150. The number of aromatic nitrogens is 1. The number of carbonyl (C=O) groups is 1. The highest BCUT2D eigenvalue weighted by molar-refractivity contribution is 5.76. The van der Waals surface area contributed by atoms with Gasteiger partial charge >= 0.3 is 0 Å². The maximum Gasteiger partial charge on any atom is 0.220 e. The molecule has 1 amide bonds. The first-order valence-electron chi connectivity index (χ1n) is 10.3. The Balaban J connectivity index is 1.42. The van der Waals surface area contributed by atoms with Gasteiger partial charge in [-0.25, -0.2) is 4.98 Å². The zero-order chi connectivity index (χ0) is 18.4. The first-order valence-corrected chi connectivity index (χ1v) is 10.3. The molecular weight excluding hydrogens is 324 g/mol. The van der Waals surface area contributed by atoms with Crippen molar-refractivity contribution in [2.24, 2.45) is 17.8 Å². The number of hydrogen-bond acceptors (Lipinski definition) is 4. The summed E-state index contributed by atoms with van der Waals surface area (Å²) in [5, 5.41) is 6.50. The maximum absolute atomic E-state index is 12.3. The standard InChI is InChI=1S/C21H34N4O/c1-16-7-10-25(11-8-16)20-6-5-18(13-23-20)14-24-21(26)12-17(2)19-4-3-9-22-15-19/h5-6,13,16-17,19,22H,3-4,7-12,14-15H2,1-2H3,(H,24,26). The third-order valence-electron chi connectivity index (χ3n) is 6.05. The van der Waals surface area contributed by atoms with Crippen LogP contribution in [0, 0.1) is 17.8 Å². The van der Waals surface area contributed by atoms with E-state index < -0.39 is 0 Å². The summed E-state index contributed by atoms with van der Waals surface area (Å²) in [7, 11) is 0. The van der Waals surface area contributed by atoms with Crippen molar-refractivity contribution in [2.45, 2.75) is 52.5 Å². The average molecular weight is 359 g/mol. The molecule has 1 aromatic heterocycles. The molecule has 2 N–H and O–H groups in total. The highest BCUT2D eigenvalue weighted by atomic mass is 16.1. The fraction of sp³-hybridized carbons (Fsp3) is 0.714. The highest BCUT2D eigenvalue weighted by Gasteiger charge is 2.22. The molecule has 2 unspecified atom stereocenters. The second-order valence-electron chi connectivity index (χ2n) is 8.26. The number of anilines is 1. The van der Waals surface area contributed by atoms with E-state index in [1.54, 1.807) is 0 Å². The Morgan fingerprint density at radius 3 is 2.81 bits per heavy atom. The fourth-order valence-electron chi connectivity index (χ4n) is 4.04. The van der Waals surface area contributed by atoms with Crippen molar-refractivity contribution in [2.75, 3.05) is 31.1 Å². The van der Waals surface area contributed by atoms with E-state index in [1.165, 1.54) is 25.7 Å². The number of pyridine rings is 1. The predicted molar refractivity (Wildman–Crippen MR) is 106 cm³/mol. The van der Waals surface area contributed by atoms with Gasteiger partial charge in [-0.3, -0.25) is 4.79 Å². The van der Waals surface area contributed by atoms with Gasteiger partial charge in [0.25, 0.3) is 0 Å². The predicted octanol–water partition coefficient (Wildman–Crippen LogP) is 2.96.